The lowest BCUT2D eigenvalue weighted by atomic mass is 10.1. The van der Waals surface area contributed by atoms with Crippen molar-refractivity contribution in [3.63, 3.8) is 0 Å². The molecule has 1 amide bonds. The molecule has 0 spiro atoms. The van der Waals surface area contributed by atoms with Gasteiger partial charge >= 0.3 is 0 Å². The molecule has 0 radical (unpaired) electrons. The third-order valence-electron chi connectivity index (χ3n) is 3.66. The van der Waals surface area contributed by atoms with Gasteiger partial charge < -0.3 is 5.32 Å². The summed E-state index contributed by atoms with van der Waals surface area (Å²) in [4.78, 5) is 12.3. The average molecular weight is 375 g/mol. The number of hydrogen-bond acceptors (Lipinski definition) is 3. The lowest BCUT2D eigenvalue weighted by Gasteiger charge is -2.20. The van der Waals surface area contributed by atoms with Crippen molar-refractivity contribution in [1.29, 1.82) is 0 Å². The van der Waals surface area contributed by atoms with Gasteiger partial charge in [0, 0.05) is 16.8 Å². The van der Waals surface area contributed by atoms with Crippen LogP contribution >= 0.6 is 0 Å². The molecular weight excluding hydrogens is 348 g/mol. The Balaban J connectivity index is 2.11. The highest BCUT2D eigenvalue weighted by molar-refractivity contribution is 7.92. The highest BCUT2D eigenvalue weighted by Crippen LogP contribution is 2.18. The van der Waals surface area contributed by atoms with Crippen molar-refractivity contribution < 1.29 is 13.2 Å². The molecule has 0 aliphatic rings. The third kappa shape index (κ3) is 5.59. The van der Waals surface area contributed by atoms with Crippen LogP contribution in [0.2, 0.25) is 0 Å². The highest BCUT2D eigenvalue weighted by atomic mass is 32.2. The Labute approximate surface area is 155 Å². The number of nitrogens with one attached hydrogen (secondary N) is 2. The van der Waals surface area contributed by atoms with Crippen LogP contribution in [0.4, 0.5) is 5.69 Å². The first-order valence-electron chi connectivity index (χ1n) is 8.65. The average Bonchev–Trinajstić information content (AvgIpc) is 2.54. The van der Waals surface area contributed by atoms with Crippen LogP contribution in [-0.2, 0) is 16.4 Å². The van der Waals surface area contributed by atoms with Gasteiger partial charge in [-0.05, 0) is 69.2 Å². The van der Waals surface area contributed by atoms with E-state index in [4.69, 9.17) is 0 Å². The van der Waals surface area contributed by atoms with E-state index in [1.165, 1.54) is 0 Å². The molecule has 2 rings (SSSR count). The summed E-state index contributed by atoms with van der Waals surface area (Å²) in [5.41, 5.74) is 1.67. The van der Waals surface area contributed by atoms with Gasteiger partial charge in [0.1, 0.15) is 0 Å². The molecule has 0 saturated carbocycles. The maximum atomic E-state index is 12.5. The molecule has 0 unspecified atom stereocenters. The maximum Gasteiger partial charge on any atom is 0.261 e. The molecule has 0 heterocycles. The molecule has 2 aromatic rings. The van der Waals surface area contributed by atoms with Crippen LogP contribution in [0.3, 0.4) is 0 Å². The Morgan fingerprint density at radius 3 is 2.04 bits per heavy atom. The Kier molecular flexibility index (Phi) is 6.08. The summed E-state index contributed by atoms with van der Waals surface area (Å²) in [6.45, 7) is 7.79. The lowest BCUT2D eigenvalue weighted by molar-refractivity contribution is 0.0919. The van der Waals surface area contributed by atoms with E-state index < -0.39 is 10.0 Å². The van der Waals surface area contributed by atoms with Gasteiger partial charge in [-0.3, -0.25) is 9.52 Å². The smallest absolute Gasteiger partial charge is 0.261 e. The van der Waals surface area contributed by atoms with Crippen molar-refractivity contribution in [3.05, 3.63) is 59.7 Å². The van der Waals surface area contributed by atoms with E-state index in [0.29, 0.717) is 11.3 Å². The minimum absolute atomic E-state index is 0.196. The maximum absolute atomic E-state index is 12.5. The number of sulfonamides is 1. The standard InChI is InChI=1S/C20H26N2O3S/c1-5-6-15-7-13-18(14-8-15)26(24,25)22-17-11-9-16(10-12-17)19(23)21-20(2,3)4/h7-14,22H,5-6H2,1-4H3,(H,21,23). The molecule has 0 aliphatic heterocycles. The quantitative estimate of drug-likeness (QED) is 0.803. The monoisotopic (exact) mass is 374 g/mol. The molecule has 2 N–H and O–H groups in total. The number of carbonyl (C=O) groups is 1. The second kappa shape index (κ2) is 7.91. The van der Waals surface area contributed by atoms with Gasteiger partial charge in [-0.25, -0.2) is 8.42 Å². The van der Waals surface area contributed by atoms with Gasteiger partial charge in [-0.2, -0.15) is 0 Å². The molecule has 26 heavy (non-hydrogen) atoms. The van der Waals surface area contributed by atoms with Crippen LogP contribution < -0.4 is 10.0 Å². The van der Waals surface area contributed by atoms with Crippen LogP contribution in [0.1, 0.15) is 50.0 Å². The normalized spacial score (nSPS) is 11.8. The summed E-state index contributed by atoms with van der Waals surface area (Å²) in [6.07, 6.45) is 1.94. The minimum atomic E-state index is -3.66. The zero-order chi connectivity index (χ0) is 19.4. The van der Waals surface area contributed by atoms with E-state index in [2.05, 4.69) is 17.0 Å². The summed E-state index contributed by atoms with van der Waals surface area (Å²) in [5, 5.41) is 2.87. The van der Waals surface area contributed by atoms with Gasteiger partial charge in [0.2, 0.25) is 0 Å². The Bertz CT molecular complexity index is 849. The minimum Gasteiger partial charge on any atom is -0.347 e. The summed E-state index contributed by atoms with van der Waals surface area (Å²) in [6, 6.07) is 13.3. The van der Waals surface area contributed by atoms with Crippen molar-refractivity contribution in [2.75, 3.05) is 4.72 Å². The second-order valence-electron chi connectivity index (χ2n) is 7.28. The SMILES string of the molecule is CCCc1ccc(S(=O)(=O)Nc2ccc(C(=O)NC(C)(C)C)cc2)cc1. The van der Waals surface area contributed by atoms with Crippen LogP contribution in [0.15, 0.2) is 53.4 Å². The van der Waals surface area contributed by atoms with Gasteiger partial charge in [0.15, 0.2) is 0 Å². The first-order valence-corrected chi connectivity index (χ1v) is 10.1. The van der Waals surface area contributed by atoms with Crippen LogP contribution in [0.25, 0.3) is 0 Å². The van der Waals surface area contributed by atoms with E-state index in [-0.39, 0.29) is 16.3 Å². The number of carbonyl (C=O) groups excluding carboxylic acids is 1. The molecule has 0 aliphatic carbocycles. The van der Waals surface area contributed by atoms with E-state index in [0.717, 1.165) is 18.4 Å². The van der Waals surface area contributed by atoms with Crippen LogP contribution in [-0.4, -0.2) is 19.9 Å². The summed E-state index contributed by atoms with van der Waals surface area (Å²) in [5.74, 6) is -0.196. The number of benzene rings is 2. The number of anilines is 1. The van der Waals surface area contributed by atoms with Crippen molar-refractivity contribution in [2.24, 2.45) is 0 Å². The first kappa shape index (κ1) is 20.0. The fraction of sp³-hybridized carbons (Fsp3) is 0.350. The largest absolute Gasteiger partial charge is 0.347 e. The summed E-state index contributed by atoms with van der Waals surface area (Å²) < 4.78 is 27.5. The van der Waals surface area contributed by atoms with Crippen molar-refractivity contribution in [1.82, 2.24) is 5.32 Å². The fourth-order valence-corrected chi connectivity index (χ4v) is 3.50. The Morgan fingerprint density at radius 2 is 1.54 bits per heavy atom. The number of amides is 1. The molecule has 140 valence electrons. The summed E-state index contributed by atoms with van der Waals surface area (Å²) >= 11 is 0. The van der Waals surface area contributed by atoms with Gasteiger partial charge in [-0.1, -0.05) is 25.5 Å². The van der Waals surface area contributed by atoms with Crippen molar-refractivity contribution in [3.8, 4) is 0 Å². The molecule has 0 atom stereocenters. The molecule has 0 aromatic heterocycles. The zero-order valence-electron chi connectivity index (χ0n) is 15.7. The predicted molar refractivity (Wildman–Crippen MR) is 105 cm³/mol. The Hall–Kier alpha value is -2.34. The Morgan fingerprint density at radius 1 is 0.962 bits per heavy atom. The van der Waals surface area contributed by atoms with Gasteiger partial charge in [-0.15, -0.1) is 0 Å². The van der Waals surface area contributed by atoms with Crippen molar-refractivity contribution in [2.45, 2.75) is 51.0 Å². The molecule has 6 heteroatoms. The van der Waals surface area contributed by atoms with E-state index in [9.17, 15) is 13.2 Å². The highest BCUT2D eigenvalue weighted by Gasteiger charge is 2.17. The third-order valence-corrected chi connectivity index (χ3v) is 5.06. The van der Waals surface area contributed by atoms with E-state index in [1.807, 2.05) is 32.9 Å². The van der Waals surface area contributed by atoms with Gasteiger partial charge in [0.05, 0.1) is 4.90 Å². The summed E-state index contributed by atoms with van der Waals surface area (Å²) in [7, 11) is -3.66. The predicted octanol–water partition coefficient (Wildman–Crippen LogP) is 3.97. The first-order chi connectivity index (χ1) is 12.1. The number of hydrogen-bond donors (Lipinski definition) is 2. The topological polar surface area (TPSA) is 75.3 Å². The molecule has 0 saturated heterocycles. The molecule has 2 aromatic carbocycles. The second-order valence-corrected chi connectivity index (χ2v) is 8.96. The van der Waals surface area contributed by atoms with E-state index >= 15 is 0 Å². The number of aryl methyl sites for hydroxylation is 1. The molecule has 0 bridgehead atoms. The van der Waals surface area contributed by atoms with Crippen molar-refractivity contribution >= 4 is 21.6 Å². The number of rotatable bonds is 6. The van der Waals surface area contributed by atoms with Gasteiger partial charge in [0.25, 0.3) is 15.9 Å². The van der Waals surface area contributed by atoms with Crippen LogP contribution in [0.5, 0.6) is 0 Å². The molecule has 0 fully saturated rings. The zero-order valence-corrected chi connectivity index (χ0v) is 16.5. The van der Waals surface area contributed by atoms with Crippen LogP contribution in [0, 0.1) is 0 Å². The lowest BCUT2D eigenvalue weighted by Crippen LogP contribution is -2.40. The molecular formula is C20H26N2O3S. The molecule has 5 nitrogen and oxygen atoms in total. The fourth-order valence-electron chi connectivity index (χ4n) is 2.44. The van der Waals surface area contributed by atoms with E-state index in [1.54, 1.807) is 36.4 Å².